The minimum absolute atomic E-state index is 0.239. The number of likely N-dealkylation sites (N-methyl/N-ethyl adjacent to an activating group) is 1. The van der Waals surface area contributed by atoms with E-state index >= 15 is 0 Å². The monoisotopic (exact) mass is 216 g/mol. The van der Waals surface area contributed by atoms with Gasteiger partial charge in [0.2, 0.25) is 0 Å². The number of rotatable bonds is 5. The third-order valence-electron chi connectivity index (χ3n) is 2.40. The predicted octanol–water partition coefficient (Wildman–Crippen LogP) is 1.17. The lowest BCUT2D eigenvalue weighted by Crippen LogP contribution is -2.36. The van der Waals surface area contributed by atoms with Gasteiger partial charge in [0.25, 0.3) is 0 Å². The molecule has 0 aliphatic carbocycles. The van der Waals surface area contributed by atoms with E-state index in [0.29, 0.717) is 12.6 Å². The second-order valence-electron chi connectivity index (χ2n) is 3.70. The Balaban J connectivity index is 0.000000921. The van der Waals surface area contributed by atoms with Gasteiger partial charge in [0, 0.05) is 19.1 Å². The number of carboxylic acids is 1. The minimum atomic E-state index is -0.716. The molecular formula is C11H24N2O2. The fourth-order valence-corrected chi connectivity index (χ4v) is 1.67. The minimum Gasteiger partial charge on any atom is -0.481 e. The van der Waals surface area contributed by atoms with Crippen LogP contribution in [0, 0.1) is 0 Å². The fourth-order valence-electron chi connectivity index (χ4n) is 1.67. The van der Waals surface area contributed by atoms with E-state index in [1.54, 1.807) is 0 Å². The van der Waals surface area contributed by atoms with Crippen molar-refractivity contribution in [2.75, 3.05) is 26.7 Å². The van der Waals surface area contributed by atoms with E-state index in [2.05, 4.69) is 10.2 Å². The summed E-state index contributed by atoms with van der Waals surface area (Å²) >= 11 is 0. The van der Waals surface area contributed by atoms with Crippen LogP contribution in [0.1, 0.15) is 33.1 Å². The normalized spacial score (nSPS) is 19.9. The van der Waals surface area contributed by atoms with Crippen molar-refractivity contribution in [2.45, 2.75) is 39.2 Å². The van der Waals surface area contributed by atoms with Crippen molar-refractivity contribution >= 4 is 5.97 Å². The maximum Gasteiger partial charge on any atom is 0.304 e. The van der Waals surface area contributed by atoms with Crippen LogP contribution in [0.5, 0.6) is 0 Å². The summed E-state index contributed by atoms with van der Waals surface area (Å²) in [7, 11) is 1.98. The Bertz CT molecular complexity index is 168. The van der Waals surface area contributed by atoms with E-state index in [4.69, 9.17) is 5.11 Å². The van der Waals surface area contributed by atoms with Crippen LogP contribution in [0.2, 0.25) is 0 Å². The average Bonchev–Trinajstić information content (AvgIpc) is 2.70. The first-order chi connectivity index (χ1) is 7.18. The van der Waals surface area contributed by atoms with Crippen molar-refractivity contribution in [3.63, 3.8) is 0 Å². The SMILES string of the molecule is CC.CN(CCC(=O)O)CC1CCCN1. The molecule has 0 aromatic rings. The molecule has 0 saturated carbocycles. The van der Waals surface area contributed by atoms with Gasteiger partial charge in [-0.05, 0) is 26.4 Å². The Morgan fingerprint density at radius 1 is 1.53 bits per heavy atom. The van der Waals surface area contributed by atoms with E-state index in [9.17, 15) is 4.79 Å². The largest absolute Gasteiger partial charge is 0.481 e. The molecule has 4 heteroatoms. The van der Waals surface area contributed by atoms with Gasteiger partial charge < -0.3 is 15.3 Å². The van der Waals surface area contributed by atoms with Gasteiger partial charge in [-0.25, -0.2) is 0 Å². The maximum atomic E-state index is 10.3. The number of hydrogen-bond acceptors (Lipinski definition) is 3. The summed E-state index contributed by atoms with van der Waals surface area (Å²) in [5.41, 5.74) is 0. The Kier molecular flexibility index (Phi) is 8.33. The number of nitrogens with one attached hydrogen (secondary N) is 1. The Labute approximate surface area is 92.7 Å². The second kappa shape index (κ2) is 8.68. The third kappa shape index (κ3) is 7.33. The lowest BCUT2D eigenvalue weighted by molar-refractivity contribution is -0.137. The standard InChI is InChI=1S/C9H18N2O2.C2H6/c1-11(6-4-9(12)13)7-8-3-2-5-10-8;1-2/h8,10H,2-7H2,1H3,(H,12,13);1-2H3. The van der Waals surface area contributed by atoms with E-state index in [-0.39, 0.29) is 6.42 Å². The van der Waals surface area contributed by atoms with Crippen molar-refractivity contribution in [3.05, 3.63) is 0 Å². The highest BCUT2D eigenvalue weighted by Crippen LogP contribution is 2.05. The summed E-state index contributed by atoms with van der Waals surface area (Å²) in [6, 6.07) is 0.568. The van der Waals surface area contributed by atoms with Gasteiger partial charge in [-0.3, -0.25) is 4.79 Å². The van der Waals surface area contributed by atoms with E-state index in [1.807, 2.05) is 20.9 Å². The van der Waals surface area contributed by atoms with E-state index in [0.717, 1.165) is 13.1 Å². The molecule has 1 unspecified atom stereocenters. The third-order valence-corrected chi connectivity index (χ3v) is 2.40. The van der Waals surface area contributed by atoms with Crippen LogP contribution in [0.4, 0.5) is 0 Å². The lowest BCUT2D eigenvalue weighted by Gasteiger charge is -2.19. The number of carbonyl (C=O) groups is 1. The predicted molar refractivity (Wildman–Crippen MR) is 62.1 cm³/mol. The number of aliphatic carboxylic acids is 1. The topological polar surface area (TPSA) is 52.6 Å². The first-order valence-corrected chi connectivity index (χ1v) is 5.82. The number of carboxylic acid groups (broad SMARTS) is 1. The van der Waals surface area contributed by atoms with E-state index in [1.165, 1.54) is 12.8 Å². The van der Waals surface area contributed by atoms with Crippen LogP contribution in [-0.2, 0) is 4.79 Å². The molecule has 4 nitrogen and oxygen atoms in total. The molecule has 1 heterocycles. The Hall–Kier alpha value is -0.610. The van der Waals surface area contributed by atoms with Gasteiger partial charge >= 0.3 is 5.97 Å². The number of hydrogen-bond donors (Lipinski definition) is 2. The molecule has 0 amide bonds. The molecule has 0 bridgehead atoms. The van der Waals surface area contributed by atoms with Crippen LogP contribution in [0.25, 0.3) is 0 Å². The van der Waals surface area contributed by atoms with Gasteiger partial charge in [0.1, 0.15) is 0 Å². The zero-order valence-corrected chi connectivity index (χ0v) is 10.1. The summed E-state index contributed by atoms with van der Waals surface area (Å²) in [4.78, 5) is 12.4. The van der Waals surface area contributed by atoms with Crippen LogP contribution in [0.15, 0.2) is 0 Å². The Morgan fingerprint density at radius 2 is 2.20 bits per heavy atom. The van der Waals surface area contributed by atoms with Crippen molar-refractivity contribution in [1.82, 2.24) is 10.2 Å². The molecule has 15 heavy (non-hydrogen) atoms. The van der Waals surface area contributed by atoms with Gasteiger partial charge in [-0.15, -0.1) is 0 Å². The quantitative estimate of drug-likeness (QED) is 0.724. The molecule has 0 radical (unpaired) electrons. The molecule has 1 aliphatic rings. The zero-order chi connectivity index (χ0) is 11.7. The van der Waals surface area contributed by atoms with Gasteiger partial charge in [-0.1, -0.05) is 13.8 Å². The molecule has 1 rings (SSSR count). The van der Waals surface area contributed by atoms with E-state index < -0.39 is 5.97 Å². The maximum absolute atomic E-state index is 10.3. The summed E-state index contributed by atoms with van der Waals surface area (Å²) in [5.74, 6) is -0.716. The smallest absolute Gasteiger partial charge is 0.304 e. The highest BCUT2D eigenvalue weighted by Gasteiger charge is 2.15. The number of nitrogens with zero attached hydrogens (tertiary/aromatic N) is 1. The van der Waals surface area contributed by atoms with Crippen LogP contribution in [-0.4, -0.2) is 48.7 Å². The molecule has 0 aromatic carbocycles. The molecule has 0 aromatic heterocycles. The molecule has 2 N–H and O–H groups in total. The average molecular weight is 216 g/mol. The molecule has 1 aliphatic heterocycles. The van der Waals surface area contributed by atoms with Gasteiger partial charge in [-0.2, -0.15) is 0 Å². The molecule has 0 spiro atoms. The second-order valence-corrected chi connectivity index (χ2v) is 3.70. The van der Waals surface area contributed by atoms with Crippen molar-refractivity contribution in [2.24, 2.45) is 0 Å². The van der Waals surface area contributed by atoms with Gasteiger partial charge in [0.05, 0.1) is 6.42 Å². The summed E-state index contributed by atoms with van der Waals surface area (Å²) in [5, 5.41) is 11.9. The van der Waals surface area contributed by atoms with Crippen LogP contribution >= 0.6 is 0 Å². The zero-order valence-electron chi connectivity index (χ0n) is 10.1. The van der Waals surface area contributed by atoms with Crippen molar-refractivity contribution < 1.29 is 9.90 Å². The summed E-state index contributed by atoms with van der Waals surface area (Å²) in [6.45, 7) is 6.72. The highest BCUT2D eigenvalue weighted by molar-refractivity contribution is 5.66. The van der Waals surface area contributed by atoms with Crippen LogP contribution in [0.3, 0.4) is 0 Å². The highest BCUT2D eigenvalue weighted by atomic mass is 16.4. The molecule has 1 fully saturated rings. The molecule has 1 saturated heterocycles. The summed E-state index contributed by atoms with van der Waals surface area (Å²) in [6.07, 6.45) is 2.71. The summed E-state index contributed by atoms with van der Waals surface area (Å²) < 4.78 is 0. The lowest BCUT2D eigenvalue weighted by atomic mass is 10.2. The van der Waals surface area contributed by atoms with Gasteiger partial charge in [0.15, 0.2) is 0 Å². The molecule has 90 valence electrons. The molecular weight excluding hydrogens is 192 g/mol. The molecule has 1 atom stereocenters. The van der Waals surface area contributed by atoms with Crippen molar-refractivity contribution in [3.8, 4) is 0 Å². The Morgan fingerprint density at radius 3 is 2.67 bits per heavy atom. The first-order valence-electron chi connectivity index (χ1n) is 5.82. The van der Waals surface area contributed by atoms with Crippen molar-refractivity contribution in [1.29, 1.82) is 0 Å². The van der Waals surface area contributed by atoms with Crippen LogP contribution < -0.4 is 5.32 Å². The first kappa shape index (κ1) is 14.4. The fraction of sp³-hybridized carbons (Fsp3) is 0.909.